The summed E-state index contributed by atoms with van der Waals surface area (Å²) < 4.78 is 39.2. The molecule has 2 N–H and O–H groups in total. The third-order valence-electron chi connectivity index (χ3n) is 4.22. The van der Waals surface area contributed by atoms with Gasteiger partial charge in [-0.05, 0) is 38.0 Å². The lowest BCUT2D eigenvalue weighted by Crippen LogP contribution is -2.46. The number of amides is 3. The molecule has 2 rings (SSSR count). The van der Waals surface area contributed by atoms with Crippen LogP contribution in [-0.2, 0) is 9.53 Å². The molecule has 0 aromatic heterocycles. The molecular formula is C19H24F2N2O6. The second-order valence-corrected chi connectivity index (χ2v) is 6.41. The normalized spacial score (nSPS) is 14.2. The fraction of sp³-hybridized carbons (Fsp3) is 0.526. The highest BCUT2D eigenvalue weighted by Gasteiger charge is 2.19. The molecular weight excluding hydrogens is 390 g/mol. The number of hydrogen-bond acceptors (Lipinski definition) is 6. The molecule has 1 aromatic carbocycles. The van der Waals surface area contributed by atoms with Gasteiger partial charge in [0, 0.05) is 6.04 Å². The number of carbonyl (C=O) groups excluding carboxylic acids is 3. The SMILES string of the molecule is CCOc1cc(C(=O)OCC(=O)NC(=O)NC2CCCCC2)ccc1OC(F)F. The average Bonchev–Trinajstić information content (AvgIpc) is 2.68. The van der Waals surface area contributed by atoms with Gasteiger partial charge in [-0.2, -0.15) is 8.78 Å². The molecule has 29 heavy (non-hydrogen) atoms. The first-order valence-corrected chi connectivity index (χ1v) is 9.38. The van der Waals surface area contributed by atoms with Crippen LogP contribution < -0.4 is 20.1 Å². The number of imide groups is 1. The molecule has 8 nitrogen and oxygen atoms in total. The molecule has 3 amide bonds. The van der Waals surface area contributed by atoms with Gasteiger partial charge in [0.1, 0.15) is 0 Å². The van der Waals surface area contributed by atoms with E-state index in [2.05, 4.69) is 15.4 Å². The maximum absolute atomic E-state index is 12.4. The fourth-order valence-corrected chi connectivity index (χ4v) is 2.94. The van der Waals surface area contributed by atoms with Crippen LogP contribution in [0.5, 0.6) is 11.5 Å². The zero-order valence-electron chi connectivity index (χ0n) is 16.0. The average molecular weight is 414 g/mol. The van der Waals surface area contributed by atoms with Crippen molar-refractivity contribution in [1.29, 1.82) is 0 Å². The monoisotopic (exact) mass is 414 g/mol. The Morgan fingerprint density at radius 2 is 1.86 bits per heavy atom. The minimum atomic E-state index is -3.05. The summed E-state index contributed by atoms with van der Waals surface area (Å²) in [7, 11) is 0. The van der Waals surface area contributed by atoms with Crippen LogP contribution in [0, 0.1) is 0 Å². The highest BCUT2D eigenvalue weighted by atomic mass is 19.3. The number of rotatable bonds is 8. The van der Waals surface area contributed by atoms with Crippen molar-refractivity contribution in [2.24, 2.45) is 0 Å². The van der Waals surface area contributed by atoms with Gasteiger partial charge in [0.05, 0.1) is 12.2 Å². The van der Waals surface area contributed by atoms with Crippen LogP contribution in [0.1, 0.15) is 49.4 Å². The van der Waals surface area contributed by atoms with Crippen molar-refractivity contribution in [2.45, 2.75) is 51.7 Å². The van der Waals surface area contributed by atoms with E-state index in [0.29, 0.717) is 0 Å². The molecule has 0 saturated heterocycles. The number of halogens is 2. The Morgan fingerprint density at radius 3 is 2.52 bits per heavy atom. The van der Waals surface area contributed by atoms with E-state index in [1.165, 1.54) is 12.1 Å². The molecule has 1 aromatic rings. The summed E-state index contributed by atoms with van der Waals surface area (Å²) in [6, 6.07) is 2.92. The van der Waals surface area contributed by atoms with Crippen molar-refractivity contribution in [2.75, 3.05) is 13.2 Å². The van der Waals surface area contributed by atoms with E-state index in [-0.39, 0.29) is 29.7 Å². The molecule has 160 valence electrons. The summed E-state index contributed by atoms with van der Waals surface area (Å²) in [5.74, 6) is -1.94. The summed E-state index contributed by atoms with van der Waals surface area (Å²) in [6.07, 6.45) is 4.92. The molecule has 1 saturated carbocycles. The van der Waals surface area contributed by atoms with Crippen LogP contribution >= 0.6 is 0 Å². The number of nitrogens with one attached hydrogen (secondary N) is 2. The van der Waals surface area contributed by atoms with E-state index >= 15 is 0 Å². The van der Waals surface area contributed by atoms with Crippen LogP contribution in [0.3, 0.4) is 0 Å². The Bertz CT molecular complexity index is 723. The first-order valence-electron chi connectivity index (χ1n) is 9.38. The molecule has 0 bridgehead atoms. The molecule has 0 atom stereocenters. The quantitative estimate of drug-likeness (QED) is 0.634. The van der Waals surface area contributed by atoms with Crippen LogP contribution in [0.25, 0.3) is 0 Å². The number of benzene rings is 1. The minimum absolute atomic E-state index is 0.0190. The third kappa shape index (κ3) is 7.55. The highest BCUT2D eigenvalue weighted by molar-refractivity contribution is 5.97. The molecule has 1 aliphatic carbocycles. The van der Waals surface area contributed by atoms with Crippen molar-refractivity contribution < 1.29 is 37.4 Å². The lowest BCUT2D eigenvalue weighted by Gasteiger charge is -2.22. The molecule has 0 unspecified atom stereocenters. The van der Waals surface area contributed by atoms with Crippen LogP contribution in [0.4, 0.5) is 13.6 Å². The van der Waals surface area contributed by atoms with Gasteiger partial charge in [0.2, 0.25) is 0 Å². The number of ether oxygens (including phenoxy) is 3. The summed E-state index contributed by atoms with van der Waals surface area (Å²) in [6.45, 7) is -1.91. The Labute approximate surface area is 166 Å². The predicted molar refractivity (Wildman–Crippen MR) is 98.1 cm³/mol. The number of esters is 1. The van der Waals surface area contributed by atoms with Crippen LogP contribution in [0.15, 0.2) is 18.2 Å². The number of hydrogen-bond donors (Lipinski definition) is 2. The molecule has 0 spiro atoms. The Balaban J connectivity index is 1.84. The summed E-state index contributed by atoms with van der Waals surface area (Å²) in [4.78, 5) is 35.7. The number of alkyl halides is 2. The van der Waals surface area contributed by atoms with Gasteiger partial charge < -0.3 is 19.5 Å². The summed E-state index contributed by atoms with van der Waals surface area (Å²) in [5.41, 5.74) is -0.0190. The Hall–Kier alpha value is -2.91. The first-order chi connectivity index (χ1) is 13.9. The lowest BCUT2D eigenvalue weighted by molar-refractivity contribution is -0.123. The van der Waals surface area contributed by atoms with E-state index in [1.807, 2.05) is 0 Å². The van der Waals surface area contributed by atoms with Crippen molar-refractivity contribution in [3.05, 3.63) is 23.8 Å². The Kier molecular flexibility index (Phi) is 8.63. The molecule has 0 aliphatic heterocycles. The number of carbonyl (C=O) groups is 3. The summed E-state index contributed by atoms with van der Waals surface area (Å²) >= 11 is 0. The zero-order valence-corrected chi connectivity index (χ0v) is 16.0. The van der Waals surface area contributed by atoms with Gasteiger partial charge in [0.15, 0.2) is 18.1 Å². The van der Waals surface area contributed by atoms with Crippen LogP contribution in [0.2, 0.25) is 0 Å². The molecule has 0 radical (unpaired) electrons. The minimum Gasteiger partial charge on any atom is -0.490 e. The Morgan fingerprint density at radius 1 is 1.14 bits per heavy atom. The molecule has 1 fully saturated rings. The van der Waals surface area contributed by atoms with E-state index in [4.69, 9.17) is 9.47 Å². The van der Waals surface area contributed by atoms with Gasteiger partial charge in [-0.3, -0.25) is 10.1 Å². The van der Waals surface area contributed by atoms with Crippen molar-refractivity contribution in [3.63, 3.8) is 0 Å². The standard InChI is InChI=1S/C19H24F2N2O6/c1-2-27-15-10-12(8-9-14(15)29-18(20)21)17(25)28-11-16(24)23-19(26)22-13-6-4-3-5-7-13/h8-10,13,18H,2-7,11H2,1H3,(H2,22,23,24,26). The van der Waals surface area contributed by atoms with E-state index in [1.54, 1.807) is 6.92 Å². The molecule has 10 heteroatoms. The first kappa shape index (κ1) is 22.4. The van der Waals surface area contributed by atoms with E-state index < -0.39 is 31.1 Å². The molecule has 1 aliphatic rings. The van der Waals surface area contributed by atoms with Crippen LogP contribution in [-0.4, -0.2) is 43.8 Å². The second-order valence-electron chi connectivity index (χ2n) is 6.41. The predicted octanol–water partition coefficient (Wildman–Crippen LogP) is 3.00. The van der Waals surface area contributed by atoms with Gasteiger partial charge in [-0.25, -0.2) is 9.59 Å². The second kappa shape index (κ2) is 11.2. The topological polar surface area (TPSA) is 103 Å². The third-order valence-corrected chi connectivity index (χ3v) is 4.22. The van der Waals surface area contributed by atoms with Crippen molar-refractivity contribution in [3.8, 4) is 11.5 Å². The maximum Gasteiger partial charge on any atom is 0.387 e. The highest BCUT2D eigenvalue weighted by Crippen LogP contribution is 2.30. The number of urea groups is 1. The van der Waals surface area contributed by atoms with Gasteiger partial charge in [0.25, 0.3) is 5.91 Å². The van der Waals surface area contributed by atoms with Crippen molar-refractivity contribution >= 4 is 17.9 Å². The maximum atomic E-state index is 12.4. The molecule has 0 heterocycles. The van der Waals surface area contributed by atoms with Gasteiger partial charge >= 0.3 is 18.6 Å². The smallest absolute Gasteiger partial charge is 0.387 e. The van der Waals surface area contributed by atoms with Gasteiger partial charge in [-0.1, -0.05) is 19.3 Å². The summed E-state index contributed by atoms with van der Waals surface area (Å²) in [5, 5.41) is 4.81. The van der Waals surface area contributed by atoms with Gasteiger partial charge in [-0.15, -0.1) is 0 Å². The largest absolute Gasteiger partial charge is 0.490 e. The zero-order chi connectivity index (χ0) is 21.2. The van der Waals surface area contributed by atoms with E-state index in [9.17, 15) is 23.2 Å². The van der Waals surface area contributed by atoms with E-state index in [0.717, 1.165) is 38.2 Å². The fourth-order valence-electron chi connectivity index (χ4n) is 2.94. The lowest BCUT2D eigenvalue weighted by atomic mass is 9.96. The van der Waals surface area contributed by atoms with Crippen molar-refractivity contribution in [1.82, 2.24) is 10.6 Å².